The Morgan fingerprint density at radius 1 is 1.40 bits per heavy atom. The number of aromatic nitrogens is 2. The second-order valence-electron chi connectivity index (χ2n) is 4.38. The molecule has 3 nitrogen and oxygen atoms in total. The highest BCUT2D eigenvalue weighted by molar-refractivity contribution is 5.41. The van der Waals surface area contributed by atoms with Gasteiger partial charge in [-0.25, -0.2) is 4.98 Å². The summed E-state index contributed by atoms with van der Waals surface area (Å²) in [5, 5.41) is 9.47. The minimum Gasteiger partial charge on any atom is -0.395 e. The maximum atomic E-state index is 9.47. The number of fused-ring (bicyclic) bond motifs is 1. The van der Waals surface area contributed by atoms with E-state index in [0.29, 0.717) is 0 Å². The fourth-order valence-corrected chi connectivity index (χ4v) is 2.29. The Bertz CT molecular complexity index is 447. The lowest BCUT2D eigenvalue weighted by molar-refractivity contribution is 0.117. The number of nitrogens with zero attached hydrogens (tertiary/aromatic N) is 2. The molecule has 2 aromatic rings. The van der Waals surface area contributed by atoms with E-state index in [1.54, 1.807) is 0 Å². The van der Waals surface area contributed by atoms with Crippen LogP contribution in [0.3, 0.4) is 0 Å². The summed E-state index contributed by atoms with van der Waals surface area (Å²) in [7, 11) is 0. The van der Waals surface area contributed by atoms with Gasteiger partial charge in [-0.15, -0.1) is 0 Å². The van der Waals surface area contributed by atoms with Gasteiger partial charge >= 0.3 is 0 Å². The van der Waals surface area contributed by atoms with Gasteiger partial charge in [-0.2, -0.15) is 0 Å². The standard InChI is InChI=1S/C12H14N2O/c15-9-12(5-3-6-12)10-8-14-7-2-1-4-11(14)13-10/h1-2,4,7-8,15H,3,5-6,9H2. The molecule has 0 aromatic carbocycles. The molecule has 1 fully saturated rings. The van der Waals surface area contributed by atoms with Gasteiger partial charge in [0, 0.05) is 17.8 Å². The second kappa shape index (κ2) is 3.07. The molecule has 2 heterocycles. The molecule has 0 aliphatic heterocycles. The Morgan fingerprint density at radius 3 is 2.87 bits per heavy atom. The summed E-state index contributed by atoms with van der Waals surface area (Å²) < 4.78 is 2.02. The van der Waals surface area contributed by atoms with Crippen LogP contribution in [-0.2, 0) is 5.41 Å². The molecule has 1 saturated carbocycles. The van der Waals surface area contributed by atoms with E-state index in [4.69, 9.17) is 0 Å². The quantitative estimate of drug-likeness (QED) is 0.805. The van der Waals surface area contributed by atoms with Gasteiger partial charge in [-0.05, 0) is 25.0 Å². The number of imidazole rings is 1. The van der Waals surface area contributed by atoms with Crippen LogP contribution in [0.5, 0.6) is 0 Å². The molecule has 15 heavy (non-hydrogen) atoms. The summed E-state index contributed by atoms with van der Waals surface area (Å²) in [5.74, 6) is 0. The molecule has 0 saturated heterocycles. The third-order valence-electron chi connectivity index (χ3n) is 3.52. The smallest absolute Gasteiger partial charge is 0.136 e. The lowest BCUT2D eigenvalue weighted by atomic mass is 9.67. The highest BCUT2D eigenvalue weighted by atomic mass is 16.3. The van der Waals surface area contributed by atoms with Crippen LogP contribution in [-0.4, -0.2) is 21.1 Å². The molecule has 2 aromatic heterocycles. The van der Waals surface area contributed by atoms with E-state index in [-0.39, 0.29) is 12.0 Å². The number of hydrogen-bond donors (Lipinski definition) is 1. The number of aliphatic hydroxyl groups is 1. The Kier molecular flexibility index (Phi) is 1.83. The molecule has 1 N–H and O–H groups in total. The molecule has 3 rings (SSSR count). The maximum absolute atomic E-state index is 9.47. The van der Waals surface area contributed by atoms with Crippen molar-refractivity contribution in [3.63, 3.8) is 0 Å². The first-order valence-electron chi connectivity index (χ1n) is 5.39. The monoisotopic (exact) mass is 202 g/mol. The van der Waals surface area contributed by atoms with E-state index in [1.807, 2.05) is 35.0 Å². The summed E-state index contributed by atoms with van der Waals surface area (Å²) in [6, 6.07) is 5.97. The molecular formula is C12H14N2O. The second-order valence-corrected chi connectivity index (χ2v) is 4.38. The zero-order valence-electron chi connectivity index (χ0n) is 8.56. The Morgan fingerprint density at radius 2 is 2.27 bits per heavy atom. The minimum atomic E-state index is -0.0496. The normalized spacial score (nSPS) is 19.0. The van der Waals surface area contributed by atoms with Gasteiger partial charge in [0.1, 0.15) is 5.65 Å². The minimum absolute atomic E-state index is 0.0496. The van der Waals surface area contributed by atoms with E-state index >= 15 is 0 Å². The van der Waals surface area contributed by atoms with Gasteiger partial charge in [0.15, 0.2) is 0 Å². The largest absolute Gasteiger partial charge is 0.395 e. The van der Waals surface area contributed by atoms with Crippen LogP contribution >= 0.6 is 0 Å². The van der Waals surface area contributed by atoms with Crippen LogP contribution in [0.25, 0.3) is 5.65 Å². The Hall–Kier alpha value is -1.35. The van der Waals surface area contributed by atoms with Gasteiger partial charge in [-0.3, -0.25) is 0 Å². The number of aliphatic hydroxyl groups excluding tert-OH is 1. The van der Waals surface area contributed by atoms with Gasteiger partial charge in [0.2, 0.25) is 0 Å². The van der Waals surface area contributed by atoms with Crippen LogP contribution in [0.1, 0.15) is 25.0 Å². The fraction of sp³-hybridized carbons (Fsp3) is 0.417. The van der Waals surface area contributed by atoms with E-state index in [2.05, 4.69) is 4.98 Å². The van der Waals surface area contributed by atoms with Crippen molar-refractivity contribution in [1.29, 1.82) is 0 Å². The van der Waals surface area contributed by atoms with Crippen molar-refractivity contribution in [3.8, 4) is 0 Å². The van der Waals surface area contributed by atoms with Crippen molar-refractivity contribution in [1.82, 2.24) is 9.38 Å². The van der Waals surface area contributed by atoms with Crippen LogP contribution in [0, 0.1) is 0 Å². The number of hydrogen-bond acceptors (Lipinski definition) is 2. The molecule has 0 spiro atoms. The molecule has 0 radical (unpaired) electrons. The predicted molar refractivity (Wildman–Crippen MR) is 57.8 cm³/mol. The Balaban J connectivity index is 2.11. The molecule has 0 unspecified atom stereocenters. The highest BCUT2D eigenvalue weighted by Crippen LogP contribution is 2.42. The summed E-state index contributed by atoms with van der Waals surface area (Å²) >= 11 is 0. The summed E-state index contributed by atoms with van der Waals surface area (Å²) in [6.45, 7) is 0.219. The molecule has 78 valence electrons. The zero-order valence-corrected chi connectivity index (χ0v) is 8.56. The molecule has 3 heteroatoms. The molecule has 0 amide bonds. The average Bonchev–Trinajstić information content (AvgIpc) is 2.60. The third kappa shape index (κ3) is 1.20. The highest BCUT2D eigenvalue weighted by Gasteiger charge is 2.40. The third-order valence-corrected chi connectivity index (χ3v) is 3.52. The molecular weight excluding hydrogens is 188 g/mol. The summed E-state index contributed by atoms with van der Waals surface area (Å²) in [6.07, 6.45) is 7.37. The maximum Gasteiger partial charge on any atom is 0.136 e. The van der Waals surface area contributed by atoms with Crippen LogP contribution in [0.15, 0.2) is 30.6 Å². The first-order chi connectivity index (χ1) is 7.34. The molecule has 0 atom stereocenters. The van der Waals surface area contributed by atoms with E-state index in [9.17, 15) is 5.11 Å². The van der Waals surface area contributed by atoms with E-state index < -0.39 is 0 Å². The van der Waals surface area contributed by atoms with Gasteiger partial charge in [-0.1, -0.05) is 12.5 Å². The first kappa shape index (κ1) is 8.92. The first-order valence-corrected chi connectivity index (χ1v) is 5.39. The SMILES string of the molecule is OCC1(c2cn3ccccc3n2)CCC1. The molecule has 1 aliphatic carbocycles. The van der Waals surface area contributed by atoms with E-state index in [1.165, 1.54) is 6.42 Å². The van der Waals surface area contributed by atoms with Gasteiger partial charge in [0.05, 0.1) is 12.3 Å². The summed E-state index contributed by atoms with van der Waals surface area (Å²) in [4.78, 5) is 4.58. The van der Waals surface area contributed by atoms with Crippen LogP contribution in [0.4, 0.5) is 0 Å². The fourth-order valence-electron chi connectivity index (χ4n) is 2.29. The molecule has 1 aliphatic rings. The van der Waals surface area contributed by atoms with Crippen LogP contribution < -0.4 is 0 Å². The van der Waals surface area contributed by atoms with Crippen molar-refractivity contribution in [3.05, 3.63) is 36.3 Å². The predicted octanol–water partition coefficient (Wildman–Crippen LogP) is 1.75. The Labute approximate surface area is 88.4 Å². The van der Waals surface area contributed by atoms with Gasteiger partial charge in [0.25, 0.3) is 0 Å². The lowest BCUT2D eigenvalue weighted by Crippen LogP contribution is -2.38. The van der Waals surface area contributed by atoms with E-state index in [0.717, 1.165) is 24.2 Å². The van der Waals surface area contributed by atoms with Crippen molar-refractivity contribution >= 4 is 5.65 Å². The summed E-state index contributed by atoms with van der Waals surface area (Å²) in [5.41, 5.74) is 1.96. The van der Waals surface area contributed by atoms with Crippen molar-refractivity contribution < 1.29 is 5.11 Å². The van der Waals surface area contributed by atoms with Crippen molar-refractivity contribution in [2.75, 3.05) is 6.61 Å². The topological polar surface area (TPSA) is 37.5 Å². The zero-order chi connectivity index (χ0) is 10.3. The van der Waals surface area contributed by atoms with Crippen molar-refractivity contribution in [2.45, 2.75) is 24.7 Å². The molecule has 0 bridgehead atoms. The van der Waals surface area contributed by atoms with Crippen molar-refractivity contribution in [2.24, 2.45) is 0 Å². The number of rotatable bonds is 2. The van der Waals surface area contributed by atoms with Gasteiger partial charge < -0.3 is 9.51 Å². The average molecular weight is 202 g/mol. The lowest BCUT2D eigenvalue weighted by Gasteiger charge is -2.38. The number of pyridine rings is 1. The van der Waals surface area contributed by atoms with Crippen LogP contribution in [0.2, 0.25) is 0 Å².